The number of thioether (sulfide) groups is 1. The van der Waals surface area contributed by atoms with Gasteiger partial charge in [0.1, 0.15) is 11.6 Å². The second-order valence-electron chi connectivity index (χ2n) is 6.01. The summed E-state index contributed by atoms with van der Waals surface area (Å²) in [5.74, 6) is 2.85. The summed E-state index contributed by atoms with van der Waals surface area (Å²) in [6.07, 6.45) is 2.00. The quantitative estimate of drug-likeness (QED) is 0.228. The number of halogens is 2. The van der Waals surface area contributed by atoms with E-state index in [9.17, 15) is 4.39 Å². The molecule has 0 saturated heterocycles. The Labute approximate surface area is 187 Å². The lowest BCUT2D eigenvalue weighted by Crippen LogP contribution is -2.39. The lowest BCUT2D eigenvalue weighted by atomic mass is 10.1. The highest BCUT2D eigenvalue weighted by atomic mass is 127. The molecule has 0 atom stereocenters. The Balaban J connectivity index is 0.00000392. The first kappa shape index (κ1) is 24.6. The Kier molecular flexibility index (Phi) is 11.4. The predicted octanol–water partition coefficient (Wildman–Crippen LogP) is 2.63. The van der Waals surface area contributed by atoms with Crippen molar-refractivity contribution in [1.29, 1.82) is 0 Å². The number of nitrogens with one attached hydrogen (secondary N) is 2. The molecule has 2 rings (SSSR count). The fourth-order valence-corrected chi connectivity index (χ4v) is 3.00. The summed E-state index contributed by atoms with van der Waals surface area (Å²) in [7, 11) is 3.58. The minimum atomic E-state index is -0.221. The van der Waals surface area contributed by atoms with Gasteiger partial charge in [-0.3, -0.25) is 0 Å². The molecule has 0 fully saturated rings. The number of aryl methyl sites for hydroxylation is 1. The molecule has 0 spiro atoms. The number of methoxy groups -OCH3 is 1. The van der Waals surface area contributed by atoms with Gasteiger partial charge in [-0.15, -0.1) is 34.2 Å². The third-order valence-corrected chi connectivity index (χ3v) is 4.67. The normalized spacial score (nSPS) is 11.2. The summed E-state index contributed by atoms with van der Waals surface area (Å²) >= 11 is 1.66. The summed E-state index contributed by atoms with van der Waals surface area (Å²) in [5.41, 5.74) is 1.97. The molecule has 1 heterocycles. The molecular formula is C18H28FIN6OS. The maximum atomic E-state index is 13.5. The van der Waals surface area contributed by atoms with Crippen LogP contribution in [0.25, 0.3) is 0 Å². The molecule has 0 radical (unpaired) electrons. The van der Waals surface area contributed by atoms with Crippen molar-refractivity contribution in [3.63, 3.8) is 0 Å². The van der Waals surface area contributed by atoms with Gasteiger partial charge in [-0.25, -0.2) is 9.38 Å². The molecule has 0 saturated carbocycles. The van der Waals surface area contributed by atoms with E-state index in [1.165, 1.54) is 6.07 Å². The lowest BCUT2D eigenvalue weighted by Gasteiger charge is -2.13. The number of aliphatic imine (C=N–C) groups is 1. The average molecular weight is 522 g/mol. The molecular weight excluding hydrogens is 494 g/mol. The van der Waals surface area contributed by atoms with Crippen LogP contribution in [0.15, 0.2) is 23.2 Å². The Morgan fingerprint density at radius 3 is 2.71 bits per heavy atom. The molecule has 2 N–H and O–H groups in total. The standard InChI is InChI=1S/C18H27FN6OS.HI/c1-13-23-24-17(25(13)2)11-22-18(20-7-8-26-3)21-10-14-5-6-16(19)9-15(14)12-27-4;/h5-6,9H,7-8,10-12H2,1-4H3,(H2,20,21,22);1H. The summed E-state index contributed by atoms with van der Waals surface area (Å²) in [4.78, 5) is 4.64. The van der Waals surface area contributed by atoms with Crippen LogP contribution in [0, 0.1) is 12.7 Å². The molecule has 10 heteroatoms. The average Bonchev–Trinajstić information content (AvgIpc) is 2.97. The number of aromatic nitrogens is 3. The lowest BCUT2D eigenvalue weighted by molar-refractivity contribution is 0.203. The molecule has 1 aromatic carbocycles. The molecule has 7 nitrogen and oxygen atoms in total. The van der Waals surface area contributed by atoms with Crippen LogP contribution in [0.3, 0.4) is 0 Å². The maximum absolute atomic E-state index is 13.5. The van der Waals surface area contributed by atoms with E-state index in [-0.39, 0.29) is 29.8 Å². The molecule has 156 valence electrons. The van der Waals surface area contributed by atoms with Crippen molar-refractivity contribution in [2.24, 2.45) is 12.0 Å². The van der Waals surface area contributed by atoms with Gasteiger partial charge in [-0.2, -0.15) is 11.8 Å². The van der Waals surface area contributed by atoms with E-state index in [1.54, 1.807) is 31.0 Å². The van der Waals surface area contributed by atoms with Crippen molar-refractivity contribution in [3.05, 3.63) is 46.8 Å². The van der Waals surface area contributed by atoms with Gasteiger partial charge in [0.05, 0.1) is 19.7 Å². The Bertz CT molecular complexity index is 771. The first-order valence-corrected chi connectivity index (χ1v) is 10.1. The molecule has 28 heavy (non-hydrogen) atoms. The Hall–Kier alpha value is -1.40. The zero-order valence-corrected chi connectivity index (χ0v) is 19.8. The molecule has 0 aliphatic carbocycles. The highest BCUT2D eigenvalue weighted by Crippen LogP contribution is 2.17. The minimum absolute atomic E-state index is 0. The number of guanidine groups is 1. The number of ether oxygens (including phenoxy) is 1. The highest BCUT2D eigenvalue weighted by molar-refractivity contribution is 14.0. The Morgan fingerprint density at radius 2 is 2.07 bits per heavy atom. The van der Waals surface area contributed by atoms with Gasteiger partial charge >= 0.3 is 0 Å². The van der Waals surface area contributed by atoms with Gasteiger partial charge < -0.3 is 19.9 Å². The molecule has 0 amide bonds. The van der Waals surface area contributed by atoms with E-state index in [1.807, 2.05) is 24.8 Å². The summed E-state index contributed by atoms with van der Waals surface area (Å²) < 4.78 is 20.5. The first-order chi connectivity index (χ1) is 13.0. The number of benzene rings is 1. The fraction of sp³-hybridized carbons (Fsp3) is 0.500. The fourth-order valence-electron chi connectivity index (χ4n) is 2.42. The highest BCUT2D eigenvalue weighted by Gasteiger charge is 2.08. The number of hydrogen-bond donors (Lipinski definition) is 2. The van der Waals surface area contributed by atoms with Crippen molar-refractivity contribution >= 4 is 41.7 Å². The summed E-state index contributed by atoms with van der Waals surface area (Å²) in [6.45, 7) is 4.05. The van der Waals surface area contributed by atoms with Crippen molar-refractivity contribution in [3.8, 4) is 0 Å². The van der Waals surface area contributed by atoms with Crippen LogP contribution in [0.4, 0.5) is 4.39 Å². The van der Waals surface area contributed by atoms with Gasteiger partial charge in [-0.05, 0) is 36.4 Å². The number of rotatable bonds is 9. The van der Waals surface area contributed by atoms with Crippen molar-refractivity contribution in [2.45, 2.75) is 25.8 Å². The number of nitrogens with zero attached hydrogens (tertiary/aromatic N) is 4. The molecule has 2 aromatic rings. The minimum Gasteiger partial charge on any atom is -0.383 e. The maximum Gasteiger partial charge on any atom is 0.192 e. The van der Waals surface area contributed by atoms with Crippen LogP contribution in [-0.2, 0) is 30.6 Å². The molecule has 0 aliphatic heterocycles. The van der Waals surface area contributed by atoms with Crippen LogP contribution in [0.5, 0.6) is 0 Å². The molecule has 0 bridgehead atoms. The van der Waals surface area contributed by atoms with Crippen LogP contribution in [-0.4, -0.2) is 47.2 Å². The van der Waals surface area contributed by atoms with Gasteiger partial charge in [0.25, 0.3) is 0 Å². The van der Waals surface area contributed by atoms with Crippen molar-refractivity contribution in [1.82, 2.24) is 25.4 Å². The topological polar surface area (TPSA) is 76.4 Å². The van der Waals surface area contributed by atoms with E-state index in [2.05, 4.69) is 25.8 Å². The van der Waals surface area contributed by atoms with Crippen molar-refractivity contribution < 1.29 is 9.13 Å². The zero-order valence-electron chi connectivity index (χ0n) is 16.7. The van der Waals surface area contributed by atoms with Gasteiger partial charge in [0.15, 0.2) is 11.8 Å². The monoisotopic (exact) mass is 522 g/mol. The first-order valence-electron chi connectivity index (χ1n) is 8.67. The van der Waals surface area contributed by atoms with Crippen LogP contribution < -0.4 is 10.6 Å². The van der Waals surface area contributed by atoms with Crippen LogP contribution in [0.1, 0.15) is 22.8 Å². The van der Waals surface area contributed by atoms with Crippen LogP contribution in [0.2, 0.25) is 0 Å². The van der Waals surface area contributed by atoms with Gasteiger partial charge in [0.2, 0.25) is 0 Å². The summed E-state index contributed by atoms with van der Waals surface area (Å²) in [6, 6.07) is 4.85. The van der Waals surface area contributed by atoms with Crippen molar-refractivity contribution in [2.75, 3.05) is 26.5 Å². The predicted molar refractivity (Wildman–Crippen MR) is 123 cm³/mol. The smallest absolute Gasteiger partial charge is 0.192 e. The SMILES string of the molecule is COCCNC(=NCc1ccc(F)cc1CSC)NCc1nnc(C)n1C.I. The second-order valence-corrected chi connectivity index (χ2v) is 6.87. The van der Waals surface area contributed by atoms with E-state index < -0.39 is 0 Å². The van der Waals surface area contributed by atoms with E-state index in [0.717, 1.165) is 28.5 Å². The second kappa shape index (κ2) is 12.9. The van der Waals surface area contributed by atoms with Crippen LogP contribution >= 0.6 is 35.7 Å². The largest absolute Gasteiger partial charge is 0.383 e. The van der Waals surface area contributed by atoms with Gasteiger partial charge in [0, 0.05) is 26.5 Å². The molecule has 0 aliphatic rings. The number of hydrogen-bond acceptors (Lipinski definition) is 5. The zero-order chi connectivity index (χ0) is 19.6. The van der Waals surface area contributed by atoms with E-state index >= 15 is 0 Å². The third kappa shape index (κ3) is 7.55. The Morgan fingerprint density at radius 1 is 1.29 bits per heavy atom. The molecule has 1 aromatic heterocycles. The molecule has 0 unspecified atom stereocenters. The summed E-state index contributed by atoms with van der Waals surface area (Å²) in [5, 5.41) is 14.7. The third-order valence-electron chi connectivity index (χ3n) is 4.07. The van der Waals surface area contributed by atoms with Gasteiger partial charge in [-0.1, -0.05) is 6.07 Å². The van der Waals surface area contributed by atoms with E-state index in [4.69, 9.17) is 4.74 Å². The van der Waals surface area contributed by atoms with E-state index in [0.29, 0.717) is 32.2 Å².